The fraction of sp³-hybridized carbons (Fsp3) is 0. The highest BCUT2D eigenvalue weighted by atomic mass is 35.5. The van der Waals surface area contributed by atoms with Gasteiger partial charge in [-0.2, -0.15) is 0 Å². The van der Waals surface area contributed by atoms with Gasteiger partial charge >= 0.3 is 22.5 Å². The SMILES string of the molecule is O=c1oc(=O)c2c(Cl)c(Cl)c1c1c3c(Cl)c(Cl)c(c(=O)oc3=O)c21. The van der Waals surface area contributed by atoms with Crippen LogP contribution in [0.2, 0.25) is 20.1 Å². The molecule has 0 amide bonds. The van der Waals surface area contributed by atoms with Gasteiger partial charge in [-0.15, -0.1) is 0 Å². The van der Waals surface area contributed by atoms with E-state index in [4.69, 9.17) is 46.4 Å². The average Bonchev–Trinajstić information content (AvgIpc) is 2.74. The van der Waals surface area contributed by atoms with Crippen LogP contribution in [0.4, 0.5) is 0 Å². The summed E-state index contributed by atoms with van der Waals surface area (Å²) in [5, 5.41) is -3.00. The molecule has 0 aliphatic carbocycles. The maximum Gasteiger partial charge on any atom is 0.348 e. The van der Waals surface area contributed by atoms with Gasteiger partial charge in [0.15, 0.2) is 0 Å². The lowest BCUT2D eigenvalue weighted by Crippen LogP contribution is -2.05. The Morgan fingerprint density at radius 2 is 0.625 bits per heavy atom. The highest BCUT2D eigenvalue weighted by Gasteiger charge is 2.28. The second-order valence-corrected chi connectivity index (χ2v) is 6.37. The predicted molar refractivity (Wildman–Crippen MR) is 91.0 cm³/mol. The third-order valence-corrected chi connectivity index (χ3v) is 5.41. The van der Waals surface area contributed by atoms with Gasteiger partial charge < -0.3 is 8.83 Å². The second kappa shape index (κ2) is 4.83. The summed E-state index contributed by atoms with van der Waals surface area (Å²) in [4.78, 5) is 48.8. The van der Waals surface area contributed by atoms with Crippen molar-refractivity contribution in [3.8, 4) is 0 Å². The summed E-state index contributed by atoms with van der Waals surface area (Å²) in [7, 11) is 0. The van der Waals surface area contributed by atoms with Gasteiger partial charge in [0.2, 0.25) is 0 Å². The number of benzene rings is 2. The summed E-state index contributed by atoms with van der Waals surface area (Å²) in [5.41, 5.74) is -4.54. The van der Waals surface area contributed by atoms with Crippen molar-refractivity contribution in [3.63, 3.8) is 0 Å². The van der Waals surface area contributed by atoms with Gasteiger partial charge in [0, 0.05) is 10.8 Å². The molecule has 2 aromatic carbocycles. The molecule has 0 saturated carbocycles. The van der Waals surface area contributed by atoms with E-state index in [0.717, 1.165) is 0 Å². The summed E-state index contributed by atoms with van der Waals surface area (Å²) in [6, 6.07) is 0. The van der Waals surface area contributed by atoms with E-state index in [-0.39, 0.29) is 52.4 Å². The van der Waals surface area contributed by atoms with Crippen molar-refractivity contribution in [2.45, 2.75) is 0 Å². The number of hydrogen-bond donors (Lipinski definition) is 0. The summed E-state index contributed by atoms with van der Waals surface area (Å²) in [6.45, 7) is 0. The third-order valence-electron chi connectivity index (χ3n) is 3.70. The Balaban J connectivity index is 2.79. The molecule has 24 heavy (non-hydrogen) atoms. The second-order valence-electron chi connectivity index (χ2n) is 4.86. The Hall–Kier alpha value is -1.86. The van der Waals surface area contributed by atoms with Crippen LogP contribution in [0.25, 0.3) is 32.3 Å². The van der Waals surface area contributed by atoms with Gasteiger partial charge in [0.05, 0.1) is 41.6 Å². The molecule has 4 aromatic heterocycles. The van der Waals surface area contributed by atoms with E-state index in [1.165, 1.54) is 0 Å². The standard InChI is InChI=1S/C14Cl4O6/c15-7-3-1-2(5(9(7)17)13(21)23-11(3)19)6-10(18)8(16)4(1)12(20)24-14(6)22. The highest BCUT2D eigenvalue weighted by molar-refractivity contribution is 6.54. The van der Waals surface area contributed by atoms with Crippen molar-refractivity contribution in [2.24, 2.45) is 0 Å². The van der Waals surface area contributed by atoms with Crippen molar-refractivity contribution in [1.29, 1.82) is 0 Å². The van der Waals surface area contributed by atoms with Crippen LogP contribution < -0.4 is 22.5 Å². The Bertz CT molecular complexity index is 1210. The number of hydrogen-bond acceptors (Lipinski definition) is 6. The normalized spacial score (nSPS) is 12.0. The molecule has 0 unspecified atom stereocenters. The minimum atomic E-state index is -1.13. The van der Waals surface area contributed by atoms with Crippen molar-refractivity contribution in [1.82, 2.24) is 0 Å². The van der Waals surface area contributed by atoms with Crippen LogP contribution in [-0.4, -0.2) is 0 Å². The van der Waals surface area contributed by atoms with Crippen LogP contribution in [0.3, 0.4) is 0 Å². The largest absolute Gasteiger partial charge is 0.386 e. The van der Waals surface area contributed by atoms with Crippen LogP contribution in [-0.2, 0) is 0 Å². The maximum atomic E-state index is 12.2. The molecule has 0 atom stereocenters. The van der Waals surface area contributed by atoms with E-state index >= 15 is 0 Å². The molecular formula is C14Cl4O6. The molecule has 0 saturated heterocycles. The minimum Gasteiger partial charge on any atom is -0.386 e. The zero-order chi connectivity index (χ0) is 17.5. The molecule has 6 aromatic rings. The van der Waals surface area contributed by atoms with Crippen molar-refractivity contribution in [2.75, 3.05) is 0 Å². The first kappa shape index (κ1) is 15.7. The first-order valence-corrected chi connectivity index (χ1v) is 7.65. The topological polar surface area (TPSA) is 94.6 Å². The van der Waals surface area contributed by atoms with Crippen molar-refractivity contribution >= 4 is 78.7 Å². The van der Waals surface area contributed by atoms with Gasteiger partial charge in [0.25, 0.3) is 0 Å². The number of halogens is 4. The lowest BCUT2D eigenvalue weighted by molar-refractivity contribution is 0.491. The average molecular weight is 406 g/mol. The zero-order valence-corrected chi connectivity index (χ0v) is 14.0. The van der Waals surface area contributed by atoms with Crippen LogP contribution >= 0.6 is 46.4 Å². The van der Waals surface area contributed by atoms with E-state index in [0.29, 0.717) is 0 Å². The molecule has 120 valence electrons. The first-order valence-electron chi connectivity index (χ1n) is 6.14. The molecule has 0 spiro atoms. The first-order chi connectivity index (χ1) is 11.3. The van der Waals surface area contributed by atoms with Crippen LogP contribution in [0, 0.1) is 0 Å². The van der Waals surface area contributed by atoms with Gasteiger partial charge in [-0.1, -0.05) is 46.4 Å². The lowest BCUT2D eigenvalue weighted by atomic mass is 9.99. The fourth-order valence-corrected chi connectivity index (χ4v) is 3.83. The van der Waals surface area contributed by atoms with Gasteiger partial charge in [-0.05, 0) is 0 Å². The van der Waals surface area contributed by atoms with Gasteiger partial charge in [-0.25, -0.2) is 19.2 Å². The van der Waals surface area contributed by atoms with Crippen LogP contribution in [0.1, 0.15) is 0 Å². The summed E-state index contributed by atoms with van der Waals surface area (Å²) >= 11 is 24.2. The molecule has 4 bridgehead atoms. The summed E-state index contributed by atoms with van der Waals surface area (Å²) in [5.74, 6) is 0. The van der Waals surface area contributed by atoms with Crippen LogP contribution in [0.5, 0.6) is 0 Å². The minimum absolute atomic E-state index is 0.157. The van der Waals surface area contributed by atoms with E-state index in [2.05, 4.69) is 8.83 Å². The summed E-state index contributed by atoms with van der Waals surface area (Å²) < 4.78 is 9.28. The maximum absolute atomic E-state index is 12.2. The van der Waals surface area contributed by atoms with E-state index in [1.54, 1.807) is 0 Å². The monoisotopic (exact) mass is 404 g/mol. The van der Waals surface area contributed by atoms with E-state index in [9.17, 15) is 19.2 Å². The van der Waals surface area contributed by atoms with Gasteiger partial charge in [-0.3, -0.25) is 0 Å². The fourth-order valence-electron chi connectivity index (χ4n) is 2.77. The van der Waals surface area contributed by atoms with Gasteiger partial charge in [0.1, 0.15) is 0 Å². The van der Waals surface area contributed by atoms with Crippen molar-refractivity contribution in [3.05, 3.63) is 61.8 Å². The lowest BCUT2D eigenvalue weighted by Gasteiger charge is -2.07. The quantitative estimate of drug-likeness (QED) is 0.445. The Kier molecular flexibility index (Phi) is 3.15. The van der Waals surface area contributed by atoms with E-state index < -0.39 is 22.5 Å². The molecule has 4 heterocycles. The molecule has 0 aliphatic rings. The van der Waals surface area contributed by atoms with E-state index in [1.807, 2.05) is 0 Å². The predicted octanol–water partition coefficient (Wildman–Crippen LogP) is 3.26. The molecule has 6 rings (SSSR count). The summed E-state index contributed by atoms with van der Waals surface area (Å²) in [6.07, 6.45) is 0. The molecule has 10 heteroatoms. The van der Waals surface area contributed by atoms with Crippen molar-refractivity contribution < 1.29 is 8.83 Å². The zero-order valence-electron chi connectivity index (χ0n) is 11.0. The Morgan fingerprint density at radius 1 is 0.417 bits per heavy atom. The molecule has 0 fully saturated rings. The molecule has 0 radical (unpaired) electrons. The molecular weight excluding hydrogens is 406 g/mol. The smallest absolute Gasteiger partial charge is 0.348 e. The number of fused-ring (bicyclic) bond motifs is 6. The molecule has 0 aliphatic heterocycles. The molecule has 0 N–H and O–H groups in total. The highest BCUT2D eigenvalue weighted by Crippen LogP contribution is 2.44. The molecule has 6 nitrogen and oxygen atoms in total. The Labute approximate surface area is 149 Å². The third kappa shape index (κ3) is 1.69. The Morgan fingerprint density at radius 3 is 0.833 bits per heavy atom. The number of rotatable bonds is 0. The van der Waals surface area contributed by atoms with Crippen LogP contribution in [0.15, 0.2) is 28.0 Å².